The van der Waals surface area contributed by atoms with Gasteiger partial charge in [-0.25, -0.2) is 4.98 Å². The van der Waals surface area contributed by atoms with Crippen molar-refractivity contribution in [3.63, 3.8) is 0 Å². The summed E-state index contributed by atoms with van der Waals surface area (Å²) in [5.74, 6) is 0.488. The van der Waals surface area contributed by atoms with E-state index in [1.807, 2.05) is 31.2 Å². The standard InChI is InChI=1S/C18H17N3O3S/c1-12-17(13-6-8-14(24-2)9-7-13)20-18(25-12)19-15(22)11-21-10-4-3-5-16(21)23/h3-10H,11H2,1-2H3,(H,19,20,22). The van der Waals surface area contributed by atoms with Gasteiger partial charge in [-0.05, 0) is 37.3 Å². The molecule has 0 spiro atoms. The predicted octanol–water partition coefficient (Wildman–Crippen LogP) is 2.93. The van der Waals surface area contributed by atoms with Crippen LogP contribution in [0.4, 0.5) is 5.13 Å². The lowest BCUT2D eigenvalue weighted by atomic mass is 10.1. The van der Waals surface area contributed by atoms with Crippen molar-refractivity contribution >= 4 is 22.4 Å². The summed E-state index contributed by atoms with van der Waals surface area (Å²) in [5.41, 5.74) is 1.56. The van der Waals surface area contributed by atoms with Gasteiger partial charge in [-0.3, -0.25) is 9.59 Å². The molecule has 0 bridgehead atoms. The molecule has 0 saturated carbocycles. The van der Waals surface area contributed by atoms with Crippen LogP contribution in [0.1, 0.15) is 4.88 Å². The molecule has 0 fully saturated rings. The third-order valence-electron chi connectivity index (χ3n) is 3.62. The number of nitrogens with zero attached hydrogens (tertiary/aromatic N) is 2. The van der Waals surface area contributed by atoms with Crippen molar-refractivity contribution in [2.45, 2.75) is 13.5 Å². The van der Waals surface area contributed by atoms with Crippen molar-refractivity contribution in [1.29, 1.82) is 0 Å². The van der Waals surface area contributed by atoms with Gasteiger partial charge in [-0.2, -0.15) is 0 Å². The molecule has 0 aliphatic rings. The Balaban J connectivity index is 1.74. The molecule has 0 unspecified atom stereocenters. The van der Waals surface area contributed by atoms with Crippen molar-refractivity contribution in [1.82, 2.24) is 9.55 Å². The van der Waals surface area contributed by atoms with E-state index >= 15 is 0 Å². The van der Waals surface area contributed by atoms with E-state index in [0.29, 0.717) is 5.13 Å². The predicted molar refractivity (Wildman–Crippen MR) is 98.2 cm³/mol. The number of carbonyl (C=O) groups is 1. The second-order valence-electron chi connectivity index (χ2n) is 5.37. The zero-order valence-electron chi connectivity index (χ0n) is 13.9. The summed E-state index contributed by atoms with van der Waals surface area (Å²) in [6, 6.07) is 12.4. The van der Waals surface area contributed by atoms with Gasteiger partial charge >= 0.3 is 0 Å². The molecule has 128 valence electrons. The van der Waals surface area contributed by atoms with Crippen LogP contribution < -0.4 is 15.6 Å². The lowest BCUT2D eigenvalue weighted by Crippen LogP contribution is -2.26. The summed E-state index contributed by atoms with van der Waals surface area (Å²) in [5, 5.41) is 3.27. The highest BCUT2D eigenvalue weighted by Crippen LogP contribution is 2.31. The quantitative estimate of drug-likeness (QED) is 0.764. The van der Waals surface area contributed by atoms with Gasteiger partial charge in [0.2, 0.25) is 5.91 Å². The number of rotatable bonds is 5. The summed E-state index contributed by atoms with van der Waals surface area (Å²) in [6.07, 6.45) is 1.58. The normalized spacial score (nSPS) is 10.5. The van der Waals surface area contributed by atoms with Crippen LogP contribution in [0.2, 0.25) is 0 Å². The monoisotopic (exact) mass is 355 g/mol. The molecular formula is C18H17N3O3S. The average Bonchev–Trinajstić information content (AvgIpc) is 2.97. The minimum atomic E-state index is -0.289. The maximum Gasteiger partial charge on any atom is 0.250 e. The molecule has 3 aromatic rings. The van der Waals surface area contributed by atoms with Gasteiger partial charge in [0, 0.05) is 22.7 Å². The second kappa shape index (κ2) is 7.31. The Morgan fingerprint density at radius 1 is 1.24 bits per heavy atom. The Kier molecular flexibility index (Phi) is 4.95. The topological polar surface area (TPSA) is 73.2 Å². The van der Waals surface area contributed by atoms with Gasteiger partial charge in [-0.1, -0.05) is 6.07 Å². The van der Waals surface area contributed by atoms with Crippen LogP contribution >= 0.6 is 11.3 Å². The first-order valence-electron chi connectivity index (χ1n) is 7.64. The number of pyridine rings is 1. The van der Waals surface area contributed by atoms with Crippen molar-refractivity contribution in [2.24, 2.45) is 0 Å². The van der Waals surface area contributed by atoms with Gasteiger partial charge in [0.25, 0.3) is 5.56 Å². The van der Waals surface area contributed by atoms with E-state index in [0.717, 1.165) is 21.9 Å². The second-order valence-corrected chi connectivity index (χ2v) is 6.57. The molecule has 0 atom stereocenters. The zero-order valence-corrected chi connectivity index (χ0v) is 14.7. The Labute approximate surface area is 148 Å². The van der Waals surface area contributed by atoms with Crippen LogP contribution in [0.3, 0.4) is 0 Å². The Bertz CT molecular complexity index is 945. The number of methoxy groups -OCH3 is 1. The third kappa shape index (κ3) is 3.95. The number of hydrogen-bond donors (Lipinski definition) is 1. The molecule has 0 saturated heterocycles. The lowest BCUT2D eigenvalue weighted by Gasteiger charge is -2.04. The van der Waals surface area contributed by atoms with E-state index in [4.69, 9.17) is 4.74 Å². The highest BCUT2D eigenvalue weighted by atomic mass is 32.1. The molecule has 0 aliphatic carbocycles. The third-order valence-corrected chi connectivity index (χ3v) is 4.51. The van der Waals surface area contributed by atoms with Gasteiger partial charge in [0.05, 0.1) is 12.8 Å². The van der Waals surface area contributed by atoms with Gasteiger partial charge in [0.1, 0.15) is 12.3 Å². The van der Waals surface area contributed by atoms with Gasteiger partial charge < -0.3 is 14.6 Å². The summed E-state index contributed by atoms with van der Waals surface area (Å²) in [6.45, 7) is 1.91. The number of carbonyl (C=O) groups excluding carboxylic acids is 1. The Morgan fingerprint density at radius 3 is 2.68 bits per heavy atom. The van der Waals surface area contributed by atoms with E-state index in [-0.39, 0.29) is 18.0 Å². The van der Waals surface area contributed by atoms with Crippen molar-refractivity contribution in [2.75, 3.05) is 12.4 Å². The van der Waals surface area contributed by atoms with E-state index in [1.165, 1.54) is 22.0 Å². The summed E-state index contributed by atoms with van der Waals surface area (Å²) >= 11 is 1.40. The first-order chi connectivity index (χ1) is 12.1. The average molecular weight is 355 g/mol. The molecule has 2 heterocycles. The van der Waals surface area contributed by atoms with Crippen LogP contribution in [-0.4, -0.2) is 22.6 Å². The molecule has 25 heavy (non-hydrogen) atoms. The zero-order chi connectivity index (χ0) is 17.8. The molecule has 0 aliphatic heterocycles. The molecule has 1 amide bonds. The fourth-order valence-electron chi connectivity index (χ4n) is 2.37. The van der Waals surface area contributed by atoms with Crippen LogP contribution in [0.5, 0.6) is 5.75 Å². The van der Waals surface area contributed by atoms with Crippen LogP contribution in [-0.2, 0) is 11.3 Å². The van der Waals surface area contributed by atoms with Gasteiger partial charge in [0.15, 0.2) is 5.13 Å². The van der Waals surface area contributed by atoms with Crippen LogP contribution in [0.25, 0.3) is 11.3 Å². The molecule has 3 rings (SSSR count). The molecule has 0 radical (unpaired) electrons. The maximum atomic E-state index is 12.2. The number of amides is 1. The van der Waals surface area contributed by atoms with E-state index in [1.54, 1.807) is 25.4 Å². The summed E-state index contributed by atoms with van der Waals surface area (Å²) in [4.78, 5) is 29.3. The first-order valence-corrected chi connectivity index (χ1v) is 8.45. The molecule has 7 heteroatoms. The van der Waals surface area contributed by atoms with E-state index < -0.39 is 0 Å². The molecule has 1 N–H and O–H groups in total. The van der Waals surface area contributed by atoms with Crippen molar-refractivity contribution in [3.05, 3.63) is 63.9 Å². The molecule has 1 aromatic carbocycles. The highest BCUT2D eigenvalue weighted by Gasteiger charge is 2.12. The minimum Gasteiger partial charge on any atom is -0.497 e. The molecular weight excluding hydrogens is 338 g/mol. The number of aryl methyl sites for hydroxylation is 1. The van der Waals surface area contributed by atoms with Crippen molar-refractivity contribution < 1.29 is 9.53 Å². The van der Waals surface area contributed by atoms with Crippen LogP contribution in [0, 0.1) is 6.92 Å². The number of hydrogen-bond acceptors (Lipinski definition) is 5. The van der Waals surface area contributed by atoms with Crippen LogP contribution in [0.15, 0.2) is 53.5 Å². The van der Waals surface area contributed by atoms with Gasteiger partial charge in [-0.15, -0.1) is 11.3 Å². The number of nitrogens with one attached hydrogen (secondary N) is 1. The smallest absolute Gasteiger partial charge is 0.250 e. The molecule has 2 aromatic heterocycles. The SMILES string of the molecule is COc1ccc(-c2nc(NC(=O)Cn3ccccc3=O)sc2C)cc1. The number of ether oxygens (including phenoxy) is 1. The largest absolute Gasteiger partial charge is 0.497 e. The fraction of sp³-hybridized carbons (Fsp3) is 0.167. The van der Waals surface area contributed by atoms with E-state index in [2.05, 4.69) is 10.3 Å². The van der Waals surface area contributed by atoms with E-state index in [9.17, 15) is 9.59 Å². The number of thiazole rings is 1. The minimum absolute atomic E-state index is 0.0455. The molecule has 6 nitrogen and oxygen atoms in total. The Hall–Kier alpha value is -2.93. The first kappa shape index (κ1) is 16.9. The van der Waals surface area contributed by atoms with Crippen molar-refractivity contribution in [3.8, 4) is 17.0 Å². The number of anilines is 1. The number of aromatic nitrogens is 2. The highest BCUT2D eigenvalue weighted by molar-refractivity contribution is 7.16. The Morgan fingerprint density at radius 2 is 2.00 bits per heavy atom. The maximum absolute atomic E-state index is 12.2. The fourth-order valence-corrected chi connectivity index (χ4v) is 3.22. The number of benzene rings is 1. The lowest BCUT2D eigenvalue weighted by molar-refractivity contribution is -0.116. The summed E-state index contributed by atoms with van der Waals surface area (Å²) in [7, 11) is 1.62. The summed E-state index contributed by atoms with van der Waals surface area (Å²) < 4.78 is 6.50.